The number of hydrogen-bond acceptors (Lipinski definition) is 5. The molecule has 2 saturated heterocycles. The van der Waals surface area contributed by atoms with Crippen LogP contribution in [0.15, 0.2) is 53.5 Å². The number of benzene rings is 2. The Morgan fingerprint density at radius 2 is 1.93 bits per heavy atom. The van der Waals surface area contributed by atoms with Crippen molar-refractivity contribution in [2.24, 2.45) is 4.99 Å². The summed E-state index contributed by atoms with van der Waals surface area (Å²) in [4.78, 5) is 18.8. The van der Waals surface area contributed by atoms with E-state index in [0.29, 0.717) is 15.9 Å². The molecule has 1 amide bonds. The predicted octanol–water partition coefficient (Wildman–Crippen LogP) is 3.19. The van der Waals surface area contributed by atoms with Gasteiger partial charge in [-0.1, -0.05) is 47.6 Å². The lowest BCUT2D eigenvalue weighted by Gasteiger charge is -2.25. The first-order chi connectivity index (χ1) is 13.9. The maximum Gasteiger partial charge on any atom is 0.252 e. The normalized spacial score (nSPS) is 23.9. The van der Waals surface area contributed by atoms with Crippen molar-refractivity contribution in [3.05, 3.63) is 59.1 Å². The van der Waals surface area contributed by atoms with Crippen LogP contribution in [0.1, 0.15) is 5.56 Å². The van der Waals surface area contributed by atoms with Gasteiger partial charge >= 0.3 is 0 Å². The van der Waals surface area contributed by atoms with E-state index >= 15 is 0 Å². The maximum absolute atomic E-state index is 12.6. The minimum absolute atomic E-state index is 0.0293. The molecule has 2 unspecified atom stereocenters. The van der Waals surface area contributed by atoms with Crippen molar-refractivity contribution in [1.82, 2.24) is 0 Å². The van der Waals surface area contributed by atoms with Gasteiger partial charge in [0.1, 0.15) is 5.75 Å². The summed E-state index contributed by atoms with van der Waals surface area (Å²) in [6.07, 6.45) is 0.151. The quantitative estimate of drug-likeness (QED) is 0.712. The summed E-state index contributed by atoms with van der Waals surface area (Å²) in [7, 11) is -1.54. The topological polar surface area (TPSA) is 76.0 Å². The molecule has 2 aliphatic heterocycles. The van der Waals surface area contributed by atoms with Gasteiger partial charge in [0.15, 0.2) is 15.0 Å². The van der Waals surface area contributed by atoms with Gasteiger partial charge in [-0.25, -0.2) is 8.42 Å². The molecule has 4 rings (SSSR count). The van der Waals surface area contributed by atoms with Crippen LogP contribution in [0, 0.1) is 0 Å². The number of amides is 1. The smallest absolute Gasteiger partial charge is 0.252 e. The lowest BCUT2D eigenvalue weighted by Crippen LogP contribution is -2.38. The molecule has 0 aliphatic carbocycles. The molecule has 0 bridgehead atoms. The number of sulfone groups is 1. The number of para-hydroxylation sites is 1. The average Bonchev–Trinajstić information content (AvgIpc) is 3.13. The van der Waals surface area contributed by atoms with Gasteiger partial charge in [0.05, 0.1) is 41.8 Å². The Balaban J connectivity index is 1.62. The molecule has 2 atom stereocenters. The molecular weight excluding hydrogens is 432 g/mol. The summed E-state index contributed by atoms with van der Waals surface area (Å²) in [5.74, 6) is 0.534. The van der Waals surface area contributed by atoms with Crippen molar-refractivity contribution in [3.63, 3.8) is 0 Å². The van der Waals surface area contributed by atoms with E-state index in [4.69, 9.17) is 16.3 Å². The van der Waals surface area contributed by atoms with Crippen LogP contribution in [0.4, 0.5) is 5.69 Å². The van der Waals surface area contributed by atoms with Gasteiger partial charge in [-0.3, -0.25) is 4.79 Å². The fourth-order valence-corrected chi connectivity index (χ4v) is 7.71. The number of methoxy groups -OCH3 is 1. The first-order valence-corrected chi connectivity index (χ1v) is 12.1. The molecule has 0 radical (unpaired) electrons. The van der Waals surface area contributed by atoms with Crippen LogP contribution in [0.2, 0.25) is 5.02 Å². The second-order valence-corrected chi connectivity index (χ2v) is 10.7. The van der Waals surface area contributed by atoms with Crippen LogP contribution in [0.3, 0.4) is 0 Å². The molecule has 2 fully saturated rings. The van der Waals surface area contributed by atoms with E-state index in [1.54, 1.807) is 25.3 Å². The molecule has 2 aromatic rings. The summed E-state index contributed by atoms with van der Waals surface area (Å²) in [6.45, 7) is 0. The highest BCUT2D eigenvalue weighted by Crippen LogP contribution is 2.43. The van der Waals surface area contributed by atoms with E-state index in [0.717, 1.165) is 11.3 Å². The zero-order valence-corrected chi connectivity index (χ0v) is 18.0. The number of aliphatic imine (C=N–C) groups is 1. The van der Waals surface area contributed by atoms with Gasteiger partial charge in [0, 0.05) is 5.25 Å². The third-order valence-corrected chi connectivity index (χ3v) is 8.44. The van der Waals surface area contributed by atoms with E-state index in [1.165, 1.54) is 11.8 Å². The number of ether oxygens (including phenoxy) is 1. The number of carbonyl (C=O) groups is 1. The average molecular weight is 451 g/mol. The van der Waals surface area contributed by atoms with Gasteiger partial charge in [-0.2, -0.15) is 4.99 Å². The first-order valence-electron chi connectivity index (χ1n) is 9.01. The van der Waals surface area contributed by atoms with Crippen LogP contribution < -0.4 is 9.64 Å². The highest BCUT2D eigenvalue weighted by atomic mass is 35.5. The van der Waals surface area contributed by atoms with Crippen LogP contribution >= 0.6 is 23.4 Å². The van der Waals surface area contributed by atoms with Crippen LogP contribution in [-0.4, -0.2) is 49.4 Å². The number of halogens is 1. The molecule has 29 heavy (non-hydrogen) atoms. The number of thioether (sulfide) groups is 1. The molecule has 2 aromatic carbocycles. The zero-order valence-electron chi connectivity index (χ0n) is 15.6. The lowest BCUT2D eigenvalue weighted by molar-refractivity contribution is -0.117. The number of amidine groups is 1. The minimum Gasteiger partial charge on any atom is -0.497 e. The molecule has 9 heteroatoms. The number of fused-ring (bicyclic) bond motifs is 1. The molecule has 2 heterocycles. The first kappa shape index (κ1) is 20.3. The van der Waals surface area contributed by atoms with Gasteiger partial charge < -0.3 is 9.64 Å². The molecule has 6 nitrogen and oxygen atoms in total. The highest BCUT2D eigenvalue weighted by Gasteiger charge is 2.49. The molecule has 0 saturated carbocycles. The Bertz CT molecular complexity index is 1070. The maximum atomic E-state index is 12.6. The lowest BCUT2D eigenvalue weighted by atomic mass is 10.1. The fourth-order valence-electron chi connectivity index (χ4n) is 3.56. The summed E-state index contributed by atoms with van der Waals surface area (Å²) < 4.78 is 29.4. The van der Waals surface area contributed by atoms with Crippen LogP contribution in [-0.2, 0) is 21.1 Å². The number of carbonyl (C=O) groups excluding carboxylic acids is 1. The van der Waals surface area contributed by atoms with Crippen molar-refractivity contribution in [2.75, 3.05) is 23.5 Å². The van der Waals surface area contributed by atoms with Crippen molar-refractivity contribution >= 4 is 50.0 Å². The summed E-state index contributed by atoms with van der Waals surface area (Å²) in [6, 6.07) is 14.2. The fraction of sp³-hybridized carbons (Fsp3) is 0.300. The Labute approximate surface area is 178 Å². The number of hydrogen-bond donors (Lipinski definition) is 0. The van der Waals surface area contributed by atoms with E-state index in [-0.39, 0.29) is 35.1 Å². The van der Waals surface area contributed by atoms with Gasteiger partial charge in [-0.05, 0) is 29.8 Å². The van der Waals surface area contributed by atoms with E-state index in [2.05, 4.69) is 4.99 Å². The standard InChI is InChI=1S/C20H19ClN2O4S2/c1-27-14-8-6-13(7-9-14)10-19(24)22-20-23(16-5-3-2-4-15(16)21)17-11-29(25,26)12-18(17)28-20/h2-9,17-18H,10-12H2,1H3. The largest absolute Gasteiger partial charge is 0.497 e. The summed E-state index contributed by atoms with van der Waals surface area (Å²) >= 11 is 7.71. The molecule has 0 spiro atoms. The summed E-state index contributed by atoms with van der Waals surface area (Å²) in [5.41, 5.74) is 1.50. The minimum atomic E-state index is -3.12. The molecule has 0 aromatic heterocycles. The molecule has 0 N–H and O–H groups in total. The third-order valence-electron chi connectivity index (χ3n) is 4.91. The third kappa shape index (κ3) is 4.29. The molecular formula is C20H19ClN2O4S2. The monoisotopic (exact) mass is 450 g/mol. The van der Waals surface area contributed by atoms with Crippen molar-refractivity contribution in [1.29, 1.82) is 0 Å². The zero-order chi connectivity index (χ0) is 20.6. The van der Waals surface area contributed by atoms with Crippen molar-refractivity contribution in [3.8, 4) is 5.75 Å². The van der Waals surface area contributed by atoms with E-state index in [1.807, 2.05) is 35.2 Å². The molecule has 2 aliphatic rings. The highest BCUT2D eigenvalue weighted by molar-refractivity contribution is 8.16. The van der Waals surface area contributed by atoms with Crippen LogP contribution in [0.25, 0.3) is 0 Å². The number of rotatable bonds is 4. The van der Waals surface area contributed by atoms with Crippen LogP contribution in [0.5, 0.6) is 5.75 Å². The summed E-state index contributed by atoms with van der Waals surface area (Å²) in [5, 5.41) is 0.832. The van der Waals surface area contributed by atoms with E-state index in [9.17, 15) is 13.2 Å². The van der Waals surface area contributed by atoms with E-state index < -0.39 is 9.84 Å². The number of anilines is 1. The second kappa shape index (κ2) is 8.01. The second-order valence-electron chi connectivity index (χ2n) is 6.93. The Morgan fingerprint density at radius 1 is 1.21 bits per heavy atom. The Kier molecular flexibility index (Phi) is 5.59. The van der Waals surface area contributed by atoms with Gasteiger partial charge in [0.2, 0.25) is 0 Å². The number of nitrogens with zero attached hydrogens (tertiary/aromatic N) is 2. The van der Waals surface area contributed by atoms with Crippen molar-refractivity contribution < 1.29 is 17.9 Å². The SMILES string of the molecule is COc1ccc(CC(=O)N=C2SC3CS(=O)(=O)CC3N2c2ccccc2Cl)cc1. The predicted molar refractivity (Wildman–Crippen MR) is 117 cm³/mol. The van der Waals surface area contributed by atoms with Gasteiger partial charge in [0.25, 0.3) is 5.91 Å². The van der Waals surface area contributed by atoms with Crippen molar-refractivity contribution in [2.45, 2.75) is 17.7 Å². The molecule has 152 valence electrons. The Morgan fingerprint density at radius 3 is 2.62 bits per heavy atom. The van der Waals surface area contributed by atoms with Gasteiger partial charge in [-0.15, -0.1) is 0 Å². The Hall–Kier alpha value is -2.03.